The second-order valence-electron chi connectivity index (χ2n) is 10.4. The number of carbonyl (C=O) groups excluding carboxylic acids is 2. The highest BCUT2D eigenvalue weighted by Gasteiger charge is 2.70. The van der Waals surface area contributed by atoms with E-state index in [1.54, 1.807) is 0 Å². The van der Waals surface area contributed by atoms with Crippen LogP contribution in [0.4, 0.5) is 0 Å². The van der Waals surface area contributed by atoms with Gasteiger partial charge >= 0.3 is 0 Å². The highest BCUT2D eigenvalue weighted by molar-refractivity contribution is 5.95. The van der Waals surface area contributed by atoms with Gasteiger partial charge < -0.3 is 20.7 Å². The summed E-state index contributed by atoms with van der Waals surface area (Å²) in [6, 6.07) is 0.190. The molecule has 0 aromatic carbocycles. The summed E-state index contributed by atoms with van der Waals surface area (Å²) in [6.45, 7) is 12.3. The van der Waals surface area contributed by atoms with Gasteiger partial charge in [-0.2, -0.15) is 0 Å². The van der Waals surface area contributed by atoms with E-state index in [0.29, 0.717) is 19.3 Å². The summed E-state index contributed by atoms with van der Waals surface area (Å²) in [6.07, 6.45) is 7.41. The van der Waals surface area contributed by atoms with Crippen molar-refractivity contribution < 1.29 is 14.3 Å². The number of nitrogens with two attached hydrogens (primary N) is 1. The van der Waals surface area contributed by atoms with Crippen LogP contribution in [0.15, 0.2) is 0 Å². The Kier molecular flexibility index (Phi) is 5.37. The van der Waals surface area contributed by atoms with E-state index >= 15 is 0 Å². The summed E-state index contributed by atoms with van der Waals surface area (Å²) < 4.78 is 6.83. The van der Waals surface area contributed by atoms with Crippen molar-refractivity contribution in [3.63, 3.8) is 0 Å². The lowest BCUT2D eigenvalue weighted by Gasteiger charge is -2.54. The summed E-state index contributed by atoms with van der Waals surface area (Å²) in [5.41, 5.74) is 3.07. The van der Waals surface area contributed by atoms with Gasteiger partial charge in [0.15, 0.2) is 5.60 Å². The molecule has 2 heterocycles. The van der Waals surface area contributed by atoms with Crippen molar-refractivity contribution in [3.05, 3.63) is 0 Å². The van der Waals surface area contributed by atoms with Gasteiger partial charge in [-0.15, -0.1) is 0 Å². The summed E-state index contributed by atoms with van der Waals surface area (Å²) in [5, 5.41) is 3.54. The van der Waals surface area contributed by atoms with E-state index < -0.39 is 28.7 Å². The average Bonchev–Trinajstić information content (AvgIpc) is 2.81. The molecule has 0 bridgehead atoms. The lowest BCUT2D eigenvalue weighted by Crippen LogP contribution is -2.74. The Labute approximate surface area is 169 Å². The molecule has 1 saturated carbocycles. The number of nitrogens with zero attached hydrogens (tertiary/aromatic N) is 1. The first-order valence-corrected chi connectivity index (χ1v) is 11.1. The maximum absolute atomic E-state index is 14.2. The molecule has 1 spiro atoms. The van der Waals surface area contributed by atoms with Gasteiger partial charge in [-0.25, -0.2) is 0 Å². The standard InChI is InChI=1S/C22H39N3O3/c1-7-21(8-2)25(15-12-10-9-11-13-15)18(27)22(28-21)14-19(3,4)24-20(5,6)16(22)17(23)26/h15-16,24H,7-14H2,1-6H3,(H2,23,26). The third-order valence-corrected chi connectivity index (χ3v) is 7.27. The van der Waals surface area contributed by atoms with E-state index in [4.69, 9.17) is 10.5 Å². The van der Waals surface area contributed by atoms with Gasteiger partial charge in [-0.1, -0.05) is 33.1 Å². The number of rotatable bonds is 4. The van der Waals surface area contributed by atoms with Crippen LogP contribution in [0, 0.1) is 5.92 Å². The molecule has 2 aliphatic heterocycles. The molecule has 1 aliphatic carbocycles. The lowest BCUT2D eigenvalue weighted by atomic mass is 9.64. The Balaban J connectivity index is 2.15. The Morgan fingerprint density at radius 1 is 1.14 bits per heavy atom. The topological polar surface area (TPSA) is 84.7 Å². The van der Waals surface area contributed by atoms with Gasteiger partial charge in [0, 0.05) is 23.5 Å². The minimum absolute atomic E-state index is 0.0189. The van der Waals surface area contributed by atoms with Crippen molar-refractivity contribution in [1.82, 2.24) is 10.2 Å². The molecular formula is C22H39N3O3. The Hall–Kier alpha value is -1.14. The molecule has 2 atom stereocenters. The van der Waals surface area contributed by atoms with E-state index in [0.717, 1.165) is 25.7 Å². The van der Waals surface area contributed by atoms with Gasteiger partial charge in [0.05, 0.1) is 5.92 Å². The minimum atomic E-state index is -1.20. The summed E-state index contributed by atoms with van der Waals surface area (Å²) in [4.78, 5) is 28.9. The van der Waals surface area contributed by atoms with Crippen molar-refractivity contribution in [1.29, 1.82) is 0 Å². The fourth-order valence-corrected chi connectivity index (χ4v) is 6.60. The summed E-state index contributed by atoms with van der Waals surface area (Å²) >= 11 is 0. The zero-order valence-electron chi connectivity index (χ0n) is 18.6. The summed E-state index contributed by atoms with van der Waals surface area (Å²) in [5.74, 6) is -1.20. The molecule has 2 amide bonds. The Bertz CT molecular complexity index is 635. The maximum Gasteiger partial charge on any atom is 0.258 e. The highest BCUT2D eigenvalue weighted by Crippen LogP contribution is 2.53. The van der Waals surface area contributed by atoms with E-state index in [1.165, 1.54) is 6.42 Å². The van der Waals surface area contributed by atoms with Crippen LogP contribution in [0.3, 0.4) is 0 Å². The highest BCUT2D eigenvalue weighted by atomic mass is 16.6. The number of primary amides is 1. The number of piperidine rings is 1. The van der Waals surface area contributed by atoms with Gasteiger partial charge in [-0.05, 0) is 53.4 Å². The zero-order valence-corrected chi connectivity index (χ0v) is 18.6. The van der Waals surface area contributed by atoms with Crippen LogP contribution < -0.4 is 11.1 Å². The molecule has 0 aromatic heterocycles. The van der Waals surface area contributed by atoms with E-state index in [2.05, 4.69) is 33.0 Å². The molecule has 0 aromatic rings. The molecule has 2 saturated heterocycles. The molecule has 3 fully saturated rings. The first-order chi connectivity index (χ1) is 12.9. The third kappa shape index (κ3) is 3.17. The van der Waals surface area contributed by atoms with E-state index in [9.17, 15) is 9.59 Å². The monoisotopic (exact) mass is 393 g/mol. The van der Waals surface area contributed by atoms with E-state index in [-0.39, 0.29) is 17.5 Å². The average molecular weight is 394 g/mol. The van der Waals surface area contributed by atoms with Gasteiger partial charge in [0.1, 0.15) is 5.72 Å². The van der Waals surface area contributed by atoms with Crippen LogP contribution in [-0.4, -0.2) is 45.2 Å². The van der Waals surface area contributed by atoms with Gasteiger partial charge in [-0.3, -0.25) is 9.59 Å². The molecule has 2 unspecified atom stereocenters. The number of hydrogen-bond acceptors (Lipinski definition) is 4. The van der Waals surface area contributed by atoms with Gasteiger partial charge in [0.25, 0.3) is 5.91 Å². The van der Waals surface area contributed by atoms with Crippen LogP contribution in [0.1, 0.15) is 92.9 Å². The van der Waals surface area contributed by atoms with Gasteiger partial charge in [0.2, 0.25) is 5.91 Å². The molecule has 3 rings (SSSR count). The summed E-state index contributed by atoms with van der Waals surface area (Å²) in [7, 11) is 0. The molecule has 6 nitrogen and oxygen atoms in total. The smallest absolute Gasteiger partial charge is 0.258 e. The van der Waals surface area contributed by atoms with E-state index in [1.807, 2.05) is 18.7 Å². The maximum atomic E-state index is 14.2. The van der Waals surface area contributed by atoms with Crippen LogP contribution >= 0.6 is 0 Å². The Morgan fingerprint density at radius 3 is 2.21 bits per heavy atom. The molecule has 6 heteroatoms. The first kappa shape index (κ1) is 21.6. The van der Waals surface area contributed by atoms with Crippen LogP contribution in [0.25, 0.3) is 0 Å². The predicted molar refractivity (Wildman–Crippen MR) is 109 cm³/mol. The largest absolute Gasteiger partial charge is 0.369 e. The quantitative estimate of drug-likeness (QED) is 0.769. The van der Waals surface area contributed by atoms with Crippen LogP contribution in [0.2, 0.25) is 0 Å². The molecule has 28 heavy (non-hydrogen) atoms. The molecule has 3 aliphatic rings. The van der Waals surface area contributed by atoms with Crippen molar-refractivity contribution in [2.45, 2.75) is 121 Å². The number of carbonyl (C=O) groups is 2. The number of hydrogen-bond donors (Lipinski definition) is 2. The molecule has 3 N–H and O–H groups in total. The number of amides is 2. The molecular weight excluding hydrogens is 354 g/mol. The predicted octanol–water partition coefficient (Wildman–Crippen LogP) is 3.09. The SMILES string of the molecule is CCC1(CC)OC2(CC(C)(C)NC(C)(C)C2C(N)=O)C(=O)N1C1CCCCC1. The fourth-order valence-electron chi connectivity index (χ4n) is 6.60. The number of nitrogens with one attached hydrogen (secondary N) is 1. The fraction of sp³-hybridized carbons (Fsp3) is 0.909. The molecule has 0 radical (unpaired) electrons. The first-order valence-electron chi connectivity index (χ1n) is 11.1. The Morgan fingerprint density at radius 2 is 1.71 bits per heavy atom. The minimum Gasteiger partial charge on any atom is -0.369 e. The van der Waals surface area contributed by atoms with Crippen LogP contribution in [0.5, 0.6) is 0 Å². The van der Waals surface area contributed by atoms with Crippen molar-refractivity contribution in [2.75, 3.05) is 0 Å². The van der Waals surface area contributed by atoms with Crippen molar-refractivity contribution >= 4 is 11.8 Å². The van der Waals surface area contributed by atoms with Crippen LogP contribution in [-0.2, 0) is 14.3 Å². The van der Waals surface area contributed by atoms with Crippen molar-refractivity contribution in [3.8, 4) is 0 Å². The zero-order chi connectivity index (χ0) is 21.0. The second kappa shape index (κ2) is 6.98. The molecule has 160 valence electrons. The number of ether oxygens (including phenoxy) is 1. The lowest BCUT2D eigenvalue weighted by molar-refractivity contribution is -0.200. The third-order valence-electron chi connectivity index (χ3n) is 7.27. The second-order valence-corrected chi connectivity index (χ2v) is 10.4. The normalized spacial score (nSPS) is 34.7. The van der Waals surface area contributed by atoms with Crippen molar-refractivity contribution in [2.24, 2.45) is 11.7 Å².